The van der Waals surface area contributed by atoms with Gasteiger partial charge in [0.1, 0.15) is 19.2 Å². The average molecular weight is 653 g/mol. The van der Waals surface area contributed by atoms with Crippen molar-refractivity contribution in [2.45, 2.75) is 49.3 Å². The summed E-state index contributed by atoms with van der Waals surface area (Å²) in [7, 11) is 0. The molecule has 0 aromatic heterocycles. The Morgan fingerprint density at radius 2 is 1.57 bits per heavy atom. The van der Waals surface area contributed by atoms with Crippen LogP contribution in [0, 0.1) is 0 Å². The number of ether oxygens (including phenoxy) is 2. The lowest BCUT2D eigenvalue weighted by Gasteiger charge is -2.31. The van der Waals surface area contributed by atoms with Crippen molar-refractivity contribution in [3.63, 3.8) is 0 Å². The van der Waals surface area contributed by atoms with E-state index in [-0.39, 0.29) is 43.9 Å². The summed E-state index contributed by atoms with van der Waals surface area (Å²) >= 11 is 0. The predicted octanol–water partition coefficient (Wildman–Crippen LogP) is 5.38. The Morgan fingerprint density at radius 1 is 0.935 bits per heavy atom. The summed E-state index contributed by atoms with van der Waals surface area (Å²) in [6, 6.07) is 20.2. The van der Waals surface area contributed by atoms with Gasteiger partial charge in [-0.1, -0.05) is 66.7 Å². The van der Waals surface area contributed by atoms with Gasteiger partial charge in [0.05, 0.1) is 24.3 Å². The predicted molar refractivity (Wildman–Crippen MR) is 158 cm³/mol. The summed E-state index contributed by atoms with van der Waals surface area (Å²) < 4.78 is 90.0. The van der Waals surface area contributed by atoms with Crippen molar-refractivity contribution in [3.8, 4) is 0 Å². The molecule has 14 heteroatoms. The number of alkyl carbamates (subject to hydrolysis) is 1. The summed E-state index contributed by atoms with van der Waals surface area (Å²) in [4.78, 5) is 24.4. The molecule has 1 fully saturated rings. The summed E-state index contributed by atoms with van der Waals surface area (Å²) in [5.74, 6) is -1.36. The van der Waals surface area contributed by atoms with Gasteiger partial charge in [-0.2, -0.15) is 26.3 Å². The molecule has 2 amide bonds. The quantitative estimate of drug-likeness (QED) is 0.196. The fourth-order valence-electron chi connectivity index (χ4n) is 5.31. The van der Waals surface area contributed by atoms with E-state index < -0.39 is 60.6 Å². The van der Waals surface area contributed by atoms with Gasteiger partial charge in [-0.3, -0.25) is 4.79 Å². The zero-order chi connectivity index (χ0) is 33.3. The minimum absolute atomic E-state index is 0.0167. The van der Waals surface area contributed by atoms with Crippen molar-refractivity contribution >= 4 is 17.7 Å². The van der Waals surface area contributed by atoms with E-state index >= 15 is 0 Å². The van der Waals surface area contributed by atoms with Crippen LogP contribution in [0.25, 0.3) is 0 Å². The van der Waals surface area contributed by atoms with Gasteiger partial charge in [0.25, 0.3) is 0 Å². The second-order valence-corrected chi connectivity index (χ2v) is 10.8. The van der Waals surface area contributed by atoms with E-state index in [1.807, 2.05) is 36.4 Å². The largest absolute Gasteiger partial charge is 0.448 e. The van der Waals surface area contributed by atoms with Crippen LogP contribution in [-0.2, 0) is 26.9 Å². The van der Waals surface area contributed by atoms with Crippen LogP contribution in [0.3, 0.4) is 0 Å². The lowest BCUT2D eigenvalue weighted by atomic mass is 9.84. The lowest BCUT2D eigenvalue weighted by Crippen LogP contribution is -2.49. The van der Waals surface area contributed by atoms with Crippen LogP contribution in [-0.4, -0.2) is 62.7 Å². The molecule has 8 nitrogen and oxygen atoms in total. The maximum absolute atomic E-state index is 14.2. The highest BCUT2D eigenvalue weighted by Gasteiger charge is 2.36. The molecule has 0 spiro atoms. The number of alkyl halides is 6. The van der Waals surface area contributed by atoms with E-state index in [4.69, 9.17) is 15.2 Å². The van der Waals surface area contributed by atoms with Gasteiger partial charge in [0, 0.05) is 18.2 Å². The van der Waals surface area contributed by atoms with Gasteiger partial charge >= 0.3 is 18.4 Å². The van der Waals surface area contributed by atoms with Crippen molar-refractivity contribution in [2.75, 3.05) is 31.6 Å². The average Bonchev–Trinajstić information content (AvgIpc) is 3.02. The first-order valence-corrected chi connectivity index (χ1v) is 14.5. The lowest BCUT2D eigenvalue weighted by molar-refractivity contribution is -0.138. The highest BCUT2D eigenvalue weighted by atomic mass is 19.4. The fourth-order valence-corrected chi connectivity index (χ4v) is 5.31. The zero-order valence-electron chi connectivity index (χ0n) is 24.5. The second-order valence-electron chi connectivity index (χ2n) is 10.8. The summed E-state index contributed by atoms with van der Waals surface area (Å²) in [5.41, 5.74) is 6.56. The van der Waals surface area contributed by atoms with Crippen LogP contribution in [0.15, 0.2) is 78.9 Å². The molecule has 46 heavy (non-hydrogen) atoms. The first-order chi connectivity index (χ1) is 21.8. The van der Waals surface area contributed by atoms with Crippen molar-refractivity contribution in [1.29, 1.82) is 0 Å². The molecule has 0 bridgehead atoms. The molecule has 3 aromatic rings. The molecular formula is C32H34F6N4O4. The Morgan fingerprint density at radius 3 is 2.09 bits per heavy atom. The number of benzene rings is 3. The Hall–Kier alpha value is -4.30. The van der Waals surface area contributed by atoms with Crippen molar-refractivity contribution in [3.05, 3.63) is 101 Å². The van der Waals surface area contributed by atoms with E-state index in [1.165, 1.54) is 12.1 Å². The number of amides is 2. The highest BCUT2D eigenvalue weighted by molar-refractivity contribution is 5.85. The smallest absolute Gasteiger partial charge is 0.416 e. The molecule has 0 radical (unpaired) electrons. The molecule has 5 N–H and O–H groups in total. The van der Waals surface area contributed by atoms with Gasteiger partial charge in [-0.05, 0) is 41.7 Å². The number of rotatable bonds is 12. The standard InChI is InChI=1S/C32H34F6N4O4/c33-31(34,35)19-41-30(44)46-18-22-17-45-23(16-40-22)14-15-24-25(32(36,37)38)12-7-13-26(24)42-28(29(39)43)27(20-8-3-1-4-9-20)21-10-5-2-6-11-21/h1-13,22-23,27-28,40,42H,14-19H2,(H2,39,43)(H,41,44)/t22-,23+,28-/m0/s1. The molecule has 1 heterocycles. The van der Waals surface area contributed by atoms with Crippen LogP contribution in [0.1, 0.15) is 34.6 Å². The summed E-state index contributed by atoms with van der Waals surface area (Å²) in [6.45, 7) is -1.58. The van der Waals surface area contributed by atoms with Crippen LogP contribution in [0.2, 0.25) is 0 Å². The number of morpholine rings is 1. The third kappa shape index (κ3) is 9.85. The van der Waals surface area contributed by atoms with Gasteiger partial charge < -0.3 is 31.2 Å². The molecule has 0 saturated carbocycles. The number of primary amides is 1. The van der Waals surface area contributed by atoms with Crippen LogP contribution in [0.4, 0.5) is 36.8 Å². The monoisotopic (exact) mass is 652 g/mol. The molecule has 1 aliphatic rings. The maximum atomic E-state index is 14.2. The Kier molecular flexibility index (Phi) is 11.5. The topological polar surface area (TPSA) is 115 Å². The SMILES string of the molecule is NC(=O)[C@@H](Nc1cccc(C(F)(F)F)c1CC[C@@H]1CN[C@H](COC(=O)NCC(F)(F)F)CO1)C(c1ccccc1)c1ccccc1. The number of nitrogens with one attached hydrogen (secondary N) is 3. The van der Waals surface area contributed by atoms with Crippen LogP contribution < -0.4 is 21.7 Å². The fraction of sp³-hybridized carbons (Fsp3) is 0.375. The second kappa shape index (κ2) is 15.3. The van der Waals surface area contributed by atoms with E-state index in [9.17, 15) is 35.9 Å². The van der Waals surface area contributed by atoms with Gasteiger partial charge in [-0.25, -0.2) is 4.79 Å². The molecular weight excluding hydrogens is 618 g/mol. The number of carbonyl (C=O) groups is 2. The van der Waals surface area contributed by atoms with Gasteiger partial charge in [0.2, 0.25) is 5.91 Å². The van der Waals surface area contributed by atoms with Gasteiger partial charge in [0.15, 0.2) is 0 Å². The van der Waals surface area contributed by atoms with Crippen molar-refractivity contribution < 1.29 is 45.4 Å². The van der Waals surface area contributed by atoms with Crippen molar-refractivity contribution in [1.82, 2.24) is 10.6 Å². The minimum atomic E-state index is -4.69. The third-order valence-corrected chi connectivity index (χ3v) is 7.48. The zero-order valence-corrected chi connectivity index (χ0v) is 24.5. The molecule has 1 saturated heterocycles. The van der Waals surface area contributed by atoms with E-state index in [0.717, 1.165) is 17.2 Å². The molecule has 248 valence electrons. The first-order valence-electron chi connectivity index (χ1n) is 14.5. The number of nitrogens with two attached hydrogens (primary N) is 1. The molecule has 3 atom stereocenters. The molecule has 4 rings (SSSR count). The molecule has 1 aliphatic heterocycles. The molecule has 3 aromatic carbocycles. The number of carbonyl (C=O) groups excluding carboxylic acids is 2. The Bertz CT molecular complexity index is 1390. The Balaban J connectivity index is 1.48. The Labute approximate surface area is 261 Å². The van der Waals surface area contributed by atoms with E-state index in [1.54, 1.807) is 29.6 Å². The first kappa shape index (κ1) is 34.6. The van der Waals surface area contributed by atoms with Gasteiger partial charge in [-0.15, -0.1) is 0 Å². The number of anilines is 1. The molecule has 0 unspecified atom stereocenters. The summed E-state index contributed by atoms with van der Waals surface area (Å²) in [5, 5.41) is 7.68. The number of hydrogen-bond donors (Lipinski definition) is 4. The van der Waals surface area contributed by atoms with Crippen LogP contribution >= 0.6 is 0 Å². The highest BCUT2D eigenvalue weighted by Crippen LogP contribution is 2.38. The number of hydrogen-bond acceptors (Lipinski definition) is 6. The maximum Gasteiger partial charge on any atom is 0.416 e. The minimum Gasteiger partial charge on any atom is -0.448 e. The van der Waals surface area contributed by atoms with E-state index in [2.05, 4.69) is 10.6 Å². The summed E-state index contributed by atoms with van der Waals surface area (Å²) in [6.07, 6.45) is -10.9. The van der Waals surface area contributed by atoms with Crippen molar-refractivity contribution in [2.24, 2.45) is 5.73 Å². The van der Waals surface area contributed by atoms with Crippen LogP contribution in [0.5, 0.6) is 0 Å². The van der Waals surface area contributed by atoms with E-state index in [0.29, 0.717) is 0 Å². The third-order valence-electron chi connectivity index (χ3n) is 7.48. The molecule has 0 aliphatic carbocycles. The normalized spacial score (nSPS) is 17.7. The number of halogens is 6.